The number of aromatic nitrogens is 1. The van der Waals surface area contributed by atoms with E-state index in [0.29, 0.717) is 67.3 Å². The van der Waals surface area contributed by atoms with E-state index in [-0.39, 0.29) is 24.1 Å². The zero-order valence-electron chi connectivity index (χ0n) is 17.2. The molecule has 0 atom stereocenters. The number of carbonyl (C=O) groups is 1. The van der Waals surface area contributed by atoms with Crippen LogP contribution in [0, 0.1) is 16.0 Å². The lowest BCUT2D eigenvalue weighted by molar-refractivity contribution is -0.384. The lowest BCUT2D eigenvalue weighted by atomic mass is 9.89. The van der Waals surface area contributed by atoms with E-state index in [0.717, 1.165) is 0 Å². The monoisotopic (exact) mass is 439 g/mol. The Morgan fingerprint density at radius 1 is 1.06 bits per heavy atom. The third kappa shape index (κ3) is 3.73. The number of nitro groups is 1. The fourth-order valence-corrected chi connectivity index (χ4v) is 4.27. The molecule has 0 bridgehead atoms. The first-order chi connectivity index (χ1) is 15.5. The number of nitrogens with zero attached hydrogens (tertiary/aromatic N) is 3. The van der Waals surface area contributed by atoms with Crippen LogP contribution in [-0.2, 0) is 6.67 Å². The summed E-state index contributed by atoms with van der Waals surface area (Å²) in [6.45, 7) is 2.46. The molecule has 3 heterocycles. The van der Waals surface area contributed by atoms with Crippen LogP contribution >= 0.6 is 0 Å². The van der Waals surface area contributed by atoms with Gasteiger partial charge in [0.2, 0.25) is 0 Å². The number of carbonyl (C=O) groups excluding carboxylic acids is 1. The van der Waals surface area contributed by atoms with E-state index in [2.05, 4.69) is 0 Å². The minimum Gasteiger partial charge on any atom is -0.486 e. The van der Waals surface area contributed by atoms with Crippen molar-refractivity contribution in [2.24, 2.45) is 5.92 Å². The Morgan fingerprint density at radius 2 is 1.81 bits per heavy atom. The maximum atomic E-state index is 13.0. The Kier molecular flexibility index (Phi) is 5.14. The lowest BCUT2D eigenvalue weighted by Gasteiger charge is -2.31. The summed E-state index contributed by atoms with van der Waals surface area (Å²) >= 11 is 0. The number of piperidine rings is 1. The minimum absolute atomic E-state index is 0.0724. The van der Waals surface area contributed by atoms with Gasteiger partial charge in [0, 0.05) is 36.7 Å². The number of non-ortho nitro benzene ring substituents is 1. The number of ketones is 1. The largest absolute Gasteiger partial charge is 0.486 e. The van der Waals surface area contributed by atoms with E-state index in [1.807, 2.05) is 4.90 Å². The Bertz CT molecular complexity index is 1250. The molecule has 1 fully saturated rings. The van der Waals surface area contributed by atoms with Gasteiger partial charge in [-0.05, 0) is 37.1 Å². The molecule has 10 heteroatoms. The highest BCUT2D eigenvalue weighted by molar-refractivity contribution is 5.98. The molecular formula is C22H21N3O7. The standard InChI is InChI=1S/C22H21N3O7/c26-21(15-1-3-19-20(11-15)31-10-9-30-19)14-5-7-23(8-6-14)13-24-17-12-16(25(28)29)2-4-18(17)32-22(24)27/h1-4,11-12,14H,5-10,13H2. The van der Waals surface area contributed by atoms with Crippen molar-refractivity contribution in [2.45, 2.75) is 19.5 Å². The zero-order chi connectivity index (χ0) is 22.2. The molecule has 0 radical (unpaired) electrons. The summed E-state index contributed by atoms with van der Waals surface area (Å²) in [5.41, 5.74) is 1.20. The molecule has 166 valence electrons. The second kappa shape index (κ2) is 8.12. The van der Waals surface area contributed by atoms with Crippen molar-refractivity contribution in [2.75, 3.05) is 26.3 Å². The highest BCUT2D eigenvalue weighted by atomic mass is 16.6. The number of ether oxygens (including phenoxy) is 2. The van der Waals surface area contributed by atoms with E-state index in [1.165, 1.54) is 22.8 Å². The van der Waals surface area contributed by atoms with Gasteiger partial charge < -0.3 is 13.9 Å². The SMILES string of the molecule is O=C(c1ccc2c(c1)OCCO2)C1CCN(Cn2c(=O)oc3ccc([N+](=O)[O-])cc32)CC1. The van der Waals surface area contributed by atoms with Gasteiger partial charge in [0.25, 0.3) is 5.69 Å². The topological polar surface area (TPSA) is 117 Å². The Balaban J connectivity index is 1.27. The number of oxazole rings is 1. The highest BCUT2D eigenvalue weighted by Crippen LogP contribution is 2.32. The molecule has 0 saturated carbocycles. The molecule has 2 aliphatic rings. The van der Waals surface area contributed by atoms with Crippen LogP contribution in [0.15, 0.2) is 45.6 Å². The molecule has 32 heavy (non-hydrogen) atoms. The predicted molar refractivity (Wildman–Crippen MR) is 113 cm³/mol. The van der Waals surface area contributed by atoms with Gasteiger partial charge in [-0.3, -0.25) is 24.4 Å². The number of fused-ring (bicyclic) bond motifs is 2. The van der Waals surface area contributed by atoms with Gasteiger partial charge in [0.15, 0.2) is 22.9 Å². The van der Waals surface area contributed by atoms with Gasteiger partial charge in [-0.2, -0.15) is 0 Å². The third-order valence-electron chi connectivity index (χ3n) is 5.99. The van der Waals surface area contributed by atoms with Crippen LogP contribution in [0.25, 0.3) is 11.1 Å². The summed E-state index contributed by atoms with van der Waals surface area (Å²) in [4.78, 5) is 37.9. The molecule has 0 spiro atoms. The van der Waals surface area contributed by atoms with Crippen molar-refractivity contribution >= 4 is 22.6 Å². The molecule has 3 aromatic rings. The number of nitro benzene ring substituents is 1. The van der Waals surface area contributed by atoms with Crippen LogP contribution < -0.4 is 15.2 Å². The molecule has 0 N–H and O–H groups in total. The summed E-state index contributed by atoms with van der Waals surface area (Å²) in [5, 5.41) is 11.1. The second-order valence-electron chi connectivity index (χ2n) is 7.96. The quantitative estimate of drug-likeness (QED) is 0.338. The molecule has 1 saturated heterocycles. The number of Topliss-reactive ketones (excluding diaryl/α,β-unsaturated/α-hetero) is 1. The Labute approximate surface area is 182 Å². The molecule has 2 aliphatic heterocycles. The lowest BCUT2D eigenvalue weighted by Crippen LogP contribution is -2.39. The smallest absolute Gasteiger partial charge is 0.421 e. The zero-order valence-corrected chi connectivity index (χ0v) is 17.2. The van der Waals surface area contributed by atoms with E-state index >= 15 is 0 Å². The van der Waals surface area contributed by atoms with Crippen molar-refractivity contribution < 1.29 is 23.6 Å². The number of benzene rings is 2. The van der Waals surface area contributed by atoms with Crippen LogP contribution in [0.5, 0.6) is 11.5 Å². The summed E-state index contributed by atoms with van der Waals surface area (Å²) < 4.78 is 17.7. The van der Waals surface area contributed by atoms with E-state index in [9.17, 15) is 19.7 Å². The Hall–Kier alpha value is -3.66. The molecule has 1 aromatic heterocycles. The first-order valence-corrected chi connectivity index (χ1v) is 10.4. The van der Waals surface area contributed by atoms with Gasteiger partial charge in [0.05, 0.1) is 17.1 Å². The Morgan fingerprint density at radius 3 is 2.56 bits per heavy atom. The molecule has 0 unspecified atom stereocenters. The summed E-state index contributed by atoms with van der Waals surface area (Å²) in [6.07, 6.45) is 1.30. The maximum absolute atomic E-state index is 13.0. The van der Waals surface area contributed by atoms with Crippen LogP contribution in [0.2, 0.25) is 0 Å². The van der Waals surface area contributed by atoms with Gasteiger partial charge in [-0.25, -0.2) is 4.79 Å². The summed E-state index contributed by atoms with van der Waals surface area (Å²) in [7, 11) is 0. The maximum Gasteiger partial charge on any atom is 0.421 e. The highest BCUT2D eigenvalue weighted by Gasteiger charge is 2.28. The number of likely N-dealkylation sites (tertiary alicyclic amines) is 1. The predicted octanol–water partition coefficient (Wildman–Crippen LogP) is 2.83. The fraction of sp³-hybridized carbons (Fsp3) is 0.364. The minimum atomic E-state index is -0.560. The van der Waals surface area contributed by atoms with Crippen molar-refractivity contribution in [1.82, 2.24) is 9.47 Å². The van der Waals surface area contributed by atoms with Crippen LogP contribution in [0.4, 0.5) is 5.69 Å². The second-order valence-corrected chi connectivity index (χ2v) is 7.96. The van der Waals surface area contributed by atoms with Gasteiger partial charge in [0.1, 0.15) is 13.2 Å². The molecule has 5 rings (SSSR count). The molecule has 0 amide bonds. The van der Waals surface area contributed by atoms with Crippen LogP contribution in [0.1, 0.15) is 23.2 Å². The first-order valence-electron chi connectivity index (χ1n) is 10.4. The first kappa shape index (κ1) is 20.3. The van der Waals surface area contributed by atoms with Crippen molar-refractivity contribution in [3.8, 4) is 11.5 Å². The van der Waals surface area contributed by atoms with E-state index in [4.69, 9.17) is 13.9 Å². The number of hydrogen-bond acceptors (Lipinski definition) is 8. The summed E-state index contributed by atoms with van der Waals surface area (Å²) in [5.74, 6) is 0.645. The van der Waals surface area contributed by atoms with Crippen molar-refractivity contribution in [1.29, 1.82) is 0 Å². The average molecular weight is 439 g/mol. The van der Waals surface area contributed by atoms with Gasteiger partial charge in [-0.1, -0.05) is 0 Å². The van der Waals surface area contributed by atoms with Crippen LogP contribution in [-0.4, -0.2) is 46.5 Å². The van der Waals surface area contributed by atoms with Gasteiger partial charge in [-0.15, -0.1) is 0 Å². The number of hydrogen-bond donors (Lipinski definition) is 0. The normalized spacial score (nSPS) is 16.9. The molecule has 10 nitrogen and oxygen atoms in total. The number of rotatable bonds is 5. The van der Waals surface area contributed by atoms with Crippen molar-refractivity contribution in [3.05, 3.63) is 62.6 Å². The summed E-state index contributed by atoms with van der Waals surface area (Å²) in [6, 6.07) is 9.37. The van der Waals surface area contributed by atoms with E-state index < -0.39 is 10.7 Å². The van der Waals surface area contributed by atoms with Gasteiger partial charge >= 0.3 is 5.76 Å². The van der Waals surface area contributed by atoms with Crippen LogP contribution in [0.3, 0.4) is 0 Å². The molecule has 2 aromatic carbocycles. The fourth-order valence-electron chi connectivity index (χ4n) is 4.27. The van der Waals surface area contributed by atoms with E-state index in [1.54, 1.807) is 18.2 Å². The molecule has 0 aliphatic carbocycles. The third-order valence-corrected chi connectivity index (χ3v) is 5.99. The van der Waals surface area contributed by atoms with Crippen molar-refractivity contribution in [3.63, 3.8) is 0 Å². The molecular weight excluding hydrogens is 418 g/mol. The average Bonchev–Trinajstić information content (AvgIpc) is 3.13.